The third-order valence-corrected chi connectivity index (χ3v) is 3.90. The van der Waals surface area contributed by atoms with E-state index in [1.165, 1.54) is 0 Å². The fourth-order valence-corrected chi connectivity index (χ4v) is 2.85. The smallest absolute Gasteiger partial charge is 0.234 e. The number of carbonyl (C=O) groups is 2. The summed E-state index contributed by atoms with van der Waals surface area (Å²) < 4.78 is 0. The van der Waals surface area contributed by atoms with Crippen molar-refractivity contribution in [3.63, 3.8) is 0 Å². The lowest BCUT2D eigenvalue weighted by Crippen LogP contribution is -2.47. The van der Waals surface area contributed by atoms with Crippen LogP contribution in [0.25, 0.3) is 0 Å². The van der Waals surface area contributed by atoms with Gasteiger partial charge in [-0.1, -0.05) is 30.3 Å². The maximum Gasteiger partial charge on any atom is 0.234 e. The van der Waals surface area contributed by atoms with Crippen LogP contribution in [-0.2, 0) is 4.79 Å². The molecule has 1 aromatic carbocycles. The first-order valence-electron chi connectivity index (χ1n) is 7.98. The second kappa shape index (κ2) is 7.05. The number of hydrogen-bond donors (Lipinski definition) is 1. The molecule has 1 heterocycles. The minimum absolute atomic E-state index is 0.0559. The highest BCUT2D eigenvalue weighted by molar-refractivity contribution is 5.97. The molecule has 120 valence electrons. The van der Waals surface area contributed by atoms with Gasteiger partial charge in [-0.25, -0.2) is 0 Å². The van der Waals surface area contributed by atoms with E-state index in [4.69, 9.17) is 0 Å². The zero-order valence-corrected chi connectivity index (χ0v) is 13.8. The van der Waals surface area contributed by atoms with Gasteiger partial charge in [0.2, 0.25) is 5.91 Å². The number of ketones is 1. The number of carbonyl (C=O) groups excluding carboxylic acids is 2. The second-order valence-corrected chi connectivity index (χ2v) is 7.08. The van der Waals surface area contributed by atoms with Crippen molar-refractivity contribution in [1.29, 1.82) is 0 Å². The molecule has 0 unspecified atom stereocenters. The average molecular weight is 302 g/mol. The zero-order valence-electron chi connectivity index (χ0n) is 13.8. The lowest BCUT2D eigenvalue weighted by Gasteiger charge is -2.31. The van der Waals surface area contributed by atoms with Crippen LogP contribution in [0.15, 0.2) is 30.3 Å². The largest absolute Gasteiger partial charge is 0.350 e. The molecule has 1 aromatic rings. The van der Waals surface area contributed by atoms with E-state index < -0.39 is 0 Å². The fourth-order valence-electron chi connectivity index (χ4n) is 2.85. The summed E-state index contributed by atoms with van der Waals surface area (Å²) in [5, 5.41) is 2.98. The van der Waals surface area contributed by atoms with Gasteiger partial charge in [0, 0.05) is 17.0 Å². The summed E-state index contributed by atoms with van der Waals surface area (Å²) in [5.74, 6) is 0.379. The van der Waals surface area contributed by atoms with E-state index in [9.17, 15) is 9.59 Å². The topological polar surface area (TPSA) is 49.4 Å². The summed E-state index contributed by atoms with van der Waals surface area (Å²) in [7, 11) is 0. The predicted molar refractivity (Wildman–Crippen MR) is 87.8 cm³/mol. The number of nitrogens with zero attached hydrogens (tertiary/aromatic N) is 1. The van der Waals surface area contributed by atoms with Crippen molar-refractivity contribution in [3.8, 4) is 0 Å². The van der Waals surface area contributed by atoms with E-state index in [1.807, 2.05) is 51.1 Å². The molecule has 0 aromatic heterocycles. The zero-order chi connectivity index (χ0) is 16.2. The summed E-state index contributed by atoms with van der Waals surface area (Å²) >= 11 is 0. The van der Waals surface area contributed by atoms with Gasteiger partial charge in [-0.3, -0.25) is 14.5 Å². The van der Waals surface area contributed by atoms with Crippen molar-refractivity contribution >= 4 is 11.7 Å². The normalized spacial score (nSPS) is 17.2. The number of piperidine rings is 1. The molecule has 22 heavy (non-hydrogen) atoms. The van der Waals surface area contributed by atoms with Gasteiger partial charge in [-0.2, -0.15) is 0 Å². The molecule has 1 N–H and O–H groups in total. The van der Waals surface area contributed by atoms with Gasteiger partial charge in [0.05, 0.1) is 6.54 Å². The molecule has 1 amide bonds. The van der Waals surface area contributed by atoms with Crippen LogP contribution in [0, 0.1) is 5.92 Å². The van der Waals surface area contributed by atoms with Crippen molar-refractivity contribution < 1.29 is 9.59 Å². The molecule has 0 spiro atoms. The summed E-state index contributed by atoms with van der Waals surface area (Å²) in [6.07, 6.45) is 1.66. The minimum Gasteiger partial charge on any atom is -0.350 e. The molecular formula is C18H26N2O2. The number of benzene rings is 1. The molecule has 1 fully saturated rings. The summed E-state index contributed by atoms with van der Waals surface area (Å²) in [5.41, 5.74) is 0.602. The van der Waals surface area contributed by atoms with Crippen LogP contribution in [0.3, 0.4) is 0 Å². The first-order valence-corrected chi connectivity index (χ1v) is 7.98. The number of rotatable bonds is 4. The number of nitrogens with one attached hydrogen (secondary N) is 1. The lowest BCUT2D eigenvalue weighted by molar-refractivity contribution is -0.123. The third-order valence-electron chi connectivity index (χ3n) is 3.90. The lowest BCUT2D eigenvalue weighted by atomic mass is 9.89. The molecule has 4 nitrogen and oxygen atoms in total. The van der Waals surface area contributed by atoms with Crippen LogP contribution in [0.4, 0.5) is 0 Å². The van der Waals surface area contributed by atoms with Crippen LogP contribution in [0.1, 0.15) is 44.0 Å². The Kier molecular flexibility index (Phi) is 5.35. The Morgan fingerprint density at radius 2 is 1.73 bits per heavy atom. The van der Waals surface area contributed by atoms with Gasteiger partial charge in [0.25, 0.3) is 0 Å². The van der Waals surface area contributed by atoms with Crippen molar-refractivity contribution in [2.24, 2.45) is 5.92 Å². The Hall–Kier alpha value is -1.68. The number of likely N-dealkylation sites (tertiary alicyclic amines) is 1. The van der Waals surface area contributed by atoms with E-state index in [0.717, 1.165) is 31.5 Å². The summed E-state index contributed by atoms with van der Waals surface area (Å²) in [4.78, 5) is 26.5. The molecule has 0 saturated carbocycles. The van der Waals surface area contributed by atoms with Gasteiger partial charge < -0.3 is 5.32 Å². The van der Waals surface area contributed by atoms with Crippen molar-refractivity contribution in [3.05, 3.63) is 35.9 Å². The Balaban J connectivity index is 1.81. The molecule has 0 aliphatic carbocycles. The summed E-state index contributed by atoms with van der Waals surface area (Å²) in [6, 6.07) is 9.49. The van der Waals surface area contributed by atoms with Crippen molar-refractivity contribution in [2.75, 3.05) is 19.6 Å². The molecule has 0 atom stereocenters. The van der Waals surface area contributed by atoms with Crippen LogP contribution >= 0.6 is 0 Å². The average Bonchev–Trinajstić information content (AvgIpc) is 2.46. The van der Waals surface area contributed by atoms with Gasteiger partial charge in [0.1, 0.15) is 0 Å². The van der Waals surface area contributed by atoms with Crippen LogP contribution in [0.2, 0.25) is 0 Å². The van der Waals surface area contributed by atoms with Gasteiger partial charge >= 0.3 is 0 Å². The van der Waals surface area contributed by atoms with E-state index in [0.29, 0.717) is 6.54 Å². The third kappa shape index (κ3) is 4.95. The second-order valence-electron chi connectivity index (χ2n) is 7.08. The van der Waals surface area contributed by atoms with Gasteiger partial charge in [-0.05, 0) is 46.7 Å². The van der Waals surface area contributed by atoms with Crippen molar-refractivity contribution in [2.45, 2.75) is 39.2 Å². The first kappa shape index (κ1) is 16.7. The molecule has 1 saturated heterocycles. The summed E-state index contributed by atoms with van der Waals surface area (Å²) in [6.45, 7) is 7.98. The van der Waals surface area contributed by atoms with Crippen LogP contribution in [0.5, 0.6) is 0 Å². The Morgan fingerprint density at radius 1 is 1.14 bits per heavy atom. The van der Waals surface area contributed by atoms with Crippen LogP contribution in [-0.4, -0.2) is 41.8 Å². The molecule has 0 radical (unpaired) electrons. The Labute approximate surface area is 132 Å². The highest BCUT2D eigenvalue weighted by Gasteiger charge is 2.27. The Morgan fingerprint density at radius 3 is 2.27 bits per heavy atom. The van der Waals surface area contributed by atoms with E-state index in [2.05, 4.69) is 10.2 Å². The SMILES string of the molecule is CC(C)(C)NC(=O)CN1CCC(C(=O)c2ccccc2)CC1. The van der Waals surface area contributed by atoms with Crippen molar-refractivity contribution in [1.82, 2.24) is 10.2 Å². The number of amides is 1. The van der Waals surface area contributed by atoms with E-state index in [1.54, 1.807) is 0 Å². The van der Waals surface area contributed by atoms with E-state index >= 15 is 0 Å². The first-order chi connectivity index (χ1) is 10.3. The number of Topliss-reactive ketones (excluding diaryl/α,β-unsaturated/α-hetero) is 1. The molecule has 0 bridgehead atoms. The highest BCUT2D eigenvalue weighted by atomic mass is 16.2. The van der Waals surface area contributed by atoms with E-state index in [-0.39, 0.29) is 23.1 Å². The van der Waals surface area contributed by atoms with Crippen LogP contribution < -0.4 is 5.32 Å². The fraction of sp³-hybridized carbons (Fsp3) is 0.556. The number of hydrogen-bond acceptors (Lipinski definition) is 3. The highest BCUT2D eigenvalue weighted by Crippen LogP contribution is 2.21. The maximum absolute atomic E-state index is 12.4. The van der Waals surface area contributed by atoms with Gasteiger partial charge in [0.15, 0.2) is 5.78 Å². The predicted octanol–water partition coefficient (Wildman–Crippen LogP) is 2.50. The molecule has 1 aliphatic rings. The molecule has 1 aliphatic heterocycles. The molecule has 2 rings (SSSR count). The van der Waals surface area contributed by atoms with Gasteiger partial charge in [-0.15, -0.1) is 0 Å². The Bertz CT molecular complexity index is 512. The monoisotopic (exact) mass is 302 g/mol. The maximum atomic E-state index is 12.4. The molecule has 4 heteroatoms. The molecular weight excluding hydrogens is 276 g/mol. The standard InChI is InChI=1S/C18H26N2O2/c1-18(2,3)19-16(21)13-20-11-9-15(10-12-20)17(22)14-7-5-4-6-8-14/h4-8,15H,9-13H2,1-3H3,(H,19,21). The minimum atomic E-state index is -0.196. The quantitative estimate of drug-likeness (QED) is 0.869.